The van der Waals surface area contributed by atoms with Gasteiger partial charge in [-0.3, -0.25) is 9.59 Å². The summed E-state index contributed by atoms with van der Waals surface area (Å²) in [5.41, 5.74) is 1.16. The van der Waals surface area contributed by atoms with Gasteiger partial charge >= 0.3 is 11.9 Å². The largest absolute Gasteiger partial charge is 0.488 e. The van der Waals surface area contributed by atoms with E-state index in [9.17, 15) is 9.59 Å². The zero-order chi connectivity index (χ0) is 34.6. The van der Waals surface area contributed by atoms with Crippen molar-refractivity contribution in [2.45, 2.75) is 117 Å². The zero-order valence-corrected chi connectivity index (χ0v) is 30.0. The molecule has 48 heavy (non-hydrogen) atoms. The van der Waals surface area contributed by atoms with Gasteiger partial charge < -0.3 is 28.4 Å². The summed E-state index contributed by atoms with van der Waals surface area (Å²) in [6.45, 7) is 12.1. The molecule has 0 bridgehead atoms. The molecule has 266 valence electrons. The second kappa shape index (κ2) is 22.3. The van der Waals surface area contributed by atoms with E-state index in [0.717, 1.165) is 72.1 Å². The molecule has 0 aliphatic heterocycles. The number of rotatable bonds is 25. The van der Waals surface area contributed by atoms with Gasteiger partial charge in [0.05, 0.1) is 13.2 Å². The number of benzene rings is 3. The van der Waals surface area contributed by atoms with Gasteiger partial charge in [-0.1, -0.05) is 110 Å². The van der Waals surface area contributed by atoms with E-state index in [-0.39, 0.29) is 51.2 Å². The number of carbonyl (C=O) groups is 2. The van der Waals surface area contributed by atoms with Crippen LogP contribution in [0.2, 0.25) is 0 Å². The van der Waals surface area contributed by atoms with Crippen LogP contribution in [0.15, 0.2) is 42.5 Å². The molecule has 3 rings (SSSR count). The quantitative estimate of drug-likeness (QED) is 0.0503. The van der Waals surface area contributed by atoms with Gasteiger partial charge in [-0.15, -0.1) is 0 Å². The first-order chi connectivity index (χ1) is 23.4. The Morgan fingerprint density at radius 1 is 0.562 bits per heavy atom. The third-order valence-electron chi connectivity index (χ3n) is 8.29. The highest BCUT2D eigenvalue weighted by atomic mass is 16.6. The van der Waals surface area contributed by atoms with Crippen LogP contribution in [0.5, 0.6) is 11.5 Å². The Morgan fingerprint density at radius 3 is 1.50 bits per heavy atom. The lowest BCUT2D eigenvalue weighted by Crippen LogP contribution is -2.30. The summed E-state index contributed by atoms with van der Waals surface area (Å²) in [6, 6.07) is 14.3. The van der Waals surface area contributed by atoms with Crippen LogP contribution in [-0.2, 0) is 35.0 Å². The van der Waals surface area contributed by atoms with Crippen LogP contribution in [0.3, 0.4) is 0 Å². The number of ether oxygens (including phenoxy) is 6. The van der Waals surface area contributed by atoms with Gasteiger partial charge in [-0.25, -0.2) is 0 Å². The molecule has 2 atom stereocenters. The van der Waals surface area contributed by atoms with Crippen molar-refractivity contribution in [2.24, 2.45) is 0 Å². The number of hydrogen-bond acceptors (Lipinski definition) is 8. The molecule has 3 aromatic rings. The molecule has 0 radical (unpaired) electrons. The first-order valence-corrected chi connectivity index (χ1v) is 18.2. The standard InChI is InChI=1S/C40H58O8/c1-6-11-13-17-23-43-26-31(47-37(41)9-4)28-45-39-33-19-15-16-20-34(33)40(36-25-30(8-3)21-22-35(36)39)46-29-32(48-38(42)10-5)27-44-24-18-14-12-7-2/h15-16,19-22,25,31-32H,6-14,17-18,23-24,26-29H2,1-5H3. The lowest BCUT2D eigenvalue weighted by molar-refractivity contribution is -0.154. The van der Waals surface area contributed by atoms with Crippen molar-refractivity contribution in [1.29, 1.82) is 0 Å². The minimum absolute atomic E-state index is 0.153. The van der Waals surface area contributed by atoms with Gasteiger partial charge in [0.1, 0.15) is 24.7 Å². The average molecular weight is 667 g/mol. The zero-order valence-electron chi connectivity index (χ0n) is 30.0. The Kier molecular flexibility index (Phi) is 18.2. The normalized spacial score (nSPS) is 12.6. The second-order valence-corrected chi connectivity index (χ2v) is 12.3. The first-order valence-electron chi connectivity index (χ1n) is 18.2. The Morgan fingerprint density at radius 2 is 1.04 bits per heavy atom. The second-order valence-electron chi connectivity index (χ2n) is 12.3. The van der Waals surface area contributed by atoms with Gasteiger partial charge in [0, 0.05) is 47.6 Å². The molecule has 2 unspecified atom stereocenters. The molecule has 0 fully saturated rings. The van der Waals surface area contributed by atoms with Crippen LogP contribution >= 0.6 is 0 Å². The van der Waals surface area contributed by atoms with Crippen molar-refractivity contribution < 1.29 is 38.0 Å². The minimum Gasteiger partial charge on any atom is -0.488 e. The molecule has 0 saturated carbocycles. The summed E-state index contributed by atoms with van der Waals surface area (Å²) in [7, 11) is 0. The Labute approximate surface area is 287 Å². The van der Waals surface area contributed by atoms with E-state index >= 15 is 0 Å². The van der Waals surface area contributed by atoms with Gasteiger partial charge in [-0.05, 0) is 30.9 Å². The minimum atomic E-state index is -0.543. The average Bonchev–Trinajstić information content (AvgIpc) is 3.11. The summed E-state index contributed by atoms with van der Waals surface area (Å²) in [5, 5.41) is 3.54. The lowest BCUT2D eigenvalue weighted by Gasteiger charge is -2.23. The Bertz CT molecular complexity index is 1390. The maximum atomic E-state index is 12.3. The molecule has 0 aliphatic carbocycles. The van der Waals surface area contributed by atoms with E-state index < -0.39 is 12.2 Å². The predicted molar refractivity (Wildman–Crippen MR) is 192 cm³/mol. The summed E-state index contributed by atoms with van der Waals surface area (Å²) in [6.07, 6.45) is 9.20. The van der Waals surface area contributed by atoms with Crippen molar-refractivity contribution >= 4 is 33.5 Å². The van der Waals surface area contributed by atoms with E-state index in [1.807, 2.05) is 24.3 Å². The van der Waals surface area contributed by atoms with Gasteiger partial charge in [0.25, 0.3) is 0 Å². The molecule has 0 heterocycles. The van der Waals surface area contributed by atoms with Gasteiger partial charge in [0.2, 0.25) is 0 Å². The molecular weight excluding hydrogens is 608 g/mol. The van der Waals surface area contributed by atoms with E-state index in [1.165, 1.54) is 12.8 Å². The van der Waals surface area contributed by atoms with Crippen molar-refractivity contribution in [3.05, 3.63) is 48.0 Å². The maximum Gasteiger partial charge on any atom is 0.305 e. The molecule has 0 N–H and O–H groups in total. The summed E-state index contributed by atoms with van der Waals surface area (Å²) < 4.78 is 36.4. The Hall–Kier alpha value is -3.36. The van der Waals surface area contributed by atoms with Crippen molar-refractivity contribution in [1.82, 2.24) is 0 Å². The fourth-order valence-corrected chi connectivity index (χ4v) is 5.49. The molecule has 0 saturated heterocycles. The van der Waals surface area contributed by atoms with Crippen LogP contribution in [0, 0.1) is 0 Å². The highest BCUT2D eigenvalue weighted by Gasteiger charge is 2.22. The number of esters is 2. The third kappa shape index (κ3) is 12.6. The summed E-state index contributed by atoms with van der Waals surface area (Å²) in [4.78, 5) is 24.6. The van der Waals surface area contributed by atoms with E-state index in [4.69, 9.17) is 28.4 Å². The summed E-state index contributed by atoms with van der Waals surface area (Å²) >= 11 is 0. The van der Waals surface area contributed by atoms with Crippen molar-refractivity contribution in [3.63, 3.8) is 0 Å². The molecule has 0 spiro atoms. The Balaban J connectivity index is 1.89. The fourth-order valence-electron chi connectivity index (χ4n) is 5.49. The van der Waals surface area contributed by atoms with E-state index in [0.29, 0.717) is 24.7 Å². The van der Waals surface area contributed by atoms with Crippen LogP contribution in [0.4, 0.5) is 0 Å². The fraction of sp³-hybridized carbons (Fsp3) is 0.600. The smallest absolute Gasteiger partial charge is 0.305 e. The molecule has 3 aromatic carbocycles. The van der Waals surface area contributed by atoms with Crippen molar-refractivity contribution in [2.75, 3.05) is 39.6 Å². The number of aryl methyl sites for hydroxylation is 1. The number of hydrogen-bond donors (Lipinski definition) is 0. The molecule has 0 amide bonds. The number of unbranched alkanes of at least 4 members (excludes halogenated alkanes) is 6. The van der Waals surface area contributed by atoms with E-state index in [1.54, 1.807) is 13.8 Å². The van der Waals surface area contributed by atoms with Crippen LogP contribution in [0.1, 0.15) is 104 Å². The molecule has 8 heteroatoms. The predicted octanol–water partition coefficient (Wildman–Crippen LogP) is 9.15. The van der Waals surface area contributed by atoms with Gasteiger partial charge in [-0.2, -0.15) is 0 Å². The van der Waals surface area contributed by atoms with Crippen LogP contribution < -0.4 is 9.47 Å². The lowest BCUT2D eigenvalue weighted by atomic mass is 9.98. The maximum absolute atomic E-state index is 12.3. The van der Waals surface area contributed by atoms with E-state index in [2.05, 4.69) is 39.0 Å². The van der Waals surface area contributed by atoms with Gasteiger partial charge in [0.15, 0.2) is 12.2 Å². The van der Waals surface area contributed by atoms with Crippen LogP contribution in [0.25, 0.3) is 21.5 Å². The molecule has 0 aliphatic rings. The molecular formula is C40H58O8. The SMILES string of the molecule is CCCCCCOCC(COc1c2ccccc2c(OCC(COCCCCCC)OC(=O)CC)c2cc(CC)ccc12)OC(=O)CC. The summed E-state index contributed by atoms with van der Waals surface area (Å²) in [5.74, 6) is 0.828. The van der Waals surface area contributed by atoms with Crippen molar-refractivity contribution in [3.8, 4) is 11.5 Å². The highest BCUT2D eigenvalue weighted by Crippen LogP contribution is 2.43. The third-order valence-corrected chi connectivity index (χ3v) is 8.29. The van der Waals surface area contributed by atoms with Crippen LogP contribution in [-0.4, -0.2) is 63.8 Å². The monoisotopic (exact) mass is 666 g/mol. The first kappa shape index (κ1) is 39.1. The highest BCUT2D eigenvalue weighted by molar-refractivity contribution is 6.11. The topological polar surface area (TPSA) is 89.5 Å². The number of fused-ring (bicyclic) bond motifs is 2. The molecule has 0 aromatic heterocycles. The molecule has 8 nitrogen and oxygen atoms in total. The number of carbonyl (C=O) groups excluding carboxylic acids is 2.